The molecule has 0 spiro atoms. The number of hydrogen-bond acceptors (Lipinski definition) is 3. The topological polar surface area (TPSA) is 53.1 Å². The minimum Gasteiger partial charge on any atom is -0.492 e. The zero-order chi connectivity index (χ0) is 13.1. The third-order valence-corrected chi connectivity index (χ3v) is 3.69. The van der Waals surface area contributed by atoms with Gasteiger partial charge in [-0.25, -0.2) is 4.98 Å². The Labute approximate surface area is 113 Å². The Hall–Kier alpha value is -1.81. The molecule has 19 heavy (non-hydrogen) atoms. The first kappa shape index (κ1) is 12.2. The van der Waals surface area contributed by atoms with Crippen molar-refractivity contribution in [3.8, 4) is 11.4 Å². The molecule has 0 saturated heterocycles. The Morgan fingerprint density at radius 3 is 2.68 bits per heavy atom. The third kappa shape index (κ3) is 2.49. The fourth-order valence-electron chi connectivity index (χ4n) is 2.41. The molecule has 4 heteroatoms. The fourth-order valence-corrected chi connectivity index (χ4v) is 2.41. The summed E-state index contributed by atoms with van der Waals surface area (Å²) >= 11 is 0. The van der Waals surface area contributed by atoms with Gasteiger partial charge in [0.15, 0.2) is 0 Å². The first-order valence-electron chi connectivity index (χ1n) is 6.84. The van der Waals surface area contributed by atoms with Crippen molar-refractivity contribution in [2.24, 2.45) is 5.73 Å². The Kier molecular flexibility index (Phi) is 3.51. The van der Waals surface area contributed by atoms with Gasteiger partial charge in [0.2, 0.25) is 0 Å². The predicted octanol–water partition coefficient (Wildman–Crippen LogP) is 2.48. The van der Waals surface area contributed by atoms with Crippen molar-refractivity contribution >= 4 is 0 Å². The lowest BCUT2D eigenvalue weighted by Gasteiger charge is -2.26. The molecule has 2 aromatic rings. The molecule has 1 aromatic carbocycles. The van der Waals surface area contributed by atoms with Gasteiger partial charge in [-0.1, -0.05) is 6.42 Å². The van der Waals surface area contributed by atoms with E-state index in [1.54, 1.807) is 0 Å². The summed E-state index contributed by atoms with van der Waals surface area (Å²) in [5, 5.41) is 0. The van der Waals surface area contributed by atoms with Crippen molar-refractivity contribution in [3.63, 3.8) is 0 Å². The molecule has 1 aromatic heterocycles. The molecule has 3 rings (SSSR count). The zero-order valence-corrected chi connectivity index (χ0v) is 11.0. The number of nitrogens with two attached hydrogens (primary N) is 1. The summed E-state index contributed by atoms with van der Waals surface area (Å²) in [7, 11) is 0. The molecule has 1 aliphatic rings. The van der Waals surface area contributed by atoms with E-state index in [9.17, 15) is 0 Å². The second-order valence-electron chi connectivity index (χ2n) is 4.95. The van der Waals surface area contributed by atoms with Crippen molar-refractivity contribution in [3.05, 3.63) is 42.5 Å². The van der Waals surface area contributed by atoms with E-state index in [1.165, 1.54) is 25.0 Å². The minimum atomic E-state index is 0.537. The van der Waals surface area contributed by atoms with Crippen LogP contribution in [0.5, 0.6) is 5.75 Å². The van der Waals surface area contributed by atoms with Gasteiger partial charge in [0.1, 0.15) is 12.4 Å². The van der Waals surface area contributed by atoms with Crippen molar-refractivity contribution in [1.29, 1.82) is 0 Å². The molecule has 1 fully saturated rings. The second-order valence-corrected chi connectivity index (χ2v) is 4.95. The third-order valence-electron chi connectivity index (χ3n) is 3.69. The molecule has 0 unspecified atom stereocenters. The van der Waals surface area contributed by atoms with Gasteiger partial charge in [-0.3, -0.25) is 0 Å². The van der Waals surface area contributed by atoms with E-state index in [1.807, 2.05) is 24.7 Å². The summed E-state index contributed by atoms with van der Waals surface area (Å²) in [6.07, 6.45) is 7.78. The molecular formula is C15H19N3O. The quantitative estimate of drug-likeness (QED) is 0.895. The smallest absolute Gasteiger partial charge is 0.119 e. The number of nitrogens with zero attached hydrogens (tertiary/aromatic N) is 2. The number of benzene rings is 1. The number of hydrogen-bond donors (Lipinski definition) is 1. The van der Waals surface area contributed by atoms with E-state index in [0.717, 1.165) is 11.4 Å². The Balaban J connectivity index is 1.80. The molecule has 1 saturated carbocycles. The summed E-state index contributed by atoms with van der Waals surface area (Å²) in [4.78, 5) is 4.29. The lowest BCUT2D eigenvalue weighted by molar-refractivity contribution is 0.328. The molecular weight excluding hydrogens is 238 g/mol. The Morgan fingerprint density at radius 2 is 2.05 bits per heavy atom. The van der Waals surface area contributed by atoms with Crippen LogP contribution in [-0.2, 0) is 0 Å². The number of imidazole rings is 1. The van der Waals surface area contributed by atoms with E-state index in [0.29, 0.717) is 19.1 Å². The fraction of sp³-hybridized carbons (Fsp3) is 0.400. The van der Waals surface area contributed by atoms with Crippen LogP contribution in [0.4, 0.5) is 0 Å². The molecule has 1 heterocycles. The van der Waals surface area contributed by atoms with Gasteiger partial charge in [-0.2, -0.15) is 0 Å². The van der Waals surface area contributed by atoms with Gasteiger partial charge in [0.25, 0.3) is 0 Å². The van der Waals surface area contributed by atoms with Crippen molar-refractivity contribution in [2.45, 2.75) is 25.2 Å². The predicted molar refractivity (Wildman–Crippen MR) is 74.7 cm³/mol. The van der Waals surface area contributed by atoms with Crippen LogP contribution in [0.15, 0.2) is 36.8 Å². The average Bonchev–Trinajstić information content (AvgIpc) is 2.84. The summed E-state index contributed by atoms with van der Waals surface area (Å²) in [6, 6.07) is 8.09. The molecule has 0 bridgehead atoms. The second kappa shape index (κ2) is 5.45. The average molecular weight is 257 g/mol. The van der Waals surface area contributed by atoms with Crippen LogP contribution in [0, 0.1) is 0 Å². The van der Waals surface area contributed by atoms with Crippen LogP contribution in [0.2, 0.25) is 0 Å². The maximum Gasteiger partial charge on any atom is 0.119 e. The lowest BCUT2D eigenvalue weighted by Crippen LogP contribution is -2.13. The summed E-state index contributed by atoms with van der Waals surface area (Å²) in [6.45, 7) is 1.09. The largest absolute Gasteiger partial charge is 0.492 e. The van der Waals surface area contributed by atoms with Crippen molar-refractivity contribution in [2.75, 3.05) is 13.2 Å². The number of aromatic nitrogens is 2. The van der Waals surface area contributed by atoms with Crippen molar-refractivity contribution in [1.82, 2.24) is 9.55 Å². The highest BCUT2D eigenvalue weighted by atomic mass is 16.5. The molecule has 0 amide bonds. The molecule has 100 valence electrons. The highest BCUT2D eigenvalue weighted by Gasteiger charge is 2.23. The molecule has 1 aliphatic carbocycles. The Bertz CT molecular complexity index is 529. The first-order chi connectivity index (χ1) is 9.38. The standard InChI is InChI=1S/C15H19N3O/c16-8-9-19-14-6-4-13(5-7-14)18-11-17-10-15(18)12-2-1-3-12/h4-7,10-12H,1-3,8-9,16H2. The van der Waals surface area contributed by atoms with E-state index >= 15 is 0 Å². The highest BCUT2D eigenvalue weighted by Crippen LogP contribution is 2.37. The number of ether oxygens (including phenoxy) is 1. The van der Waals surface area contributed by atoms with Crippen molar-refractivity contribution < 1.29 is 4.74 Å². The Morgan fingerprint density at radius 1 is 1.26 bits per heavy atom. The molecule has 4 nitrogen and oxygen atoms in total. The van der Waals surface area contributed by atoms with Gasteiger partial charge in [-0.05, 0) is 37.1 Å². The van der Waals surface area contributed by atoms with E-state index in [-0.39, 0.29) is 0 Å². The normalized spacial score (nSPS) is 15.2. The molecule has 2 N–H and O–H groups in total. The SMILES string of the molecule is NCCOc1ccc(-n2cncc2C2CCC2)cc1. The summed E-state index contributed by atoms with van der Waals surface area (Å²) in [5.41, 5.74) is 7.88. The maximum absolute atomic E-state index is 5.49. The maximum atomic E-state index is 5.49. The molecule has 0 aliphatic heterocycles. The van der Waals surface area contributed by atoms with E-state index < -0.39 is 0 Å². The minimum absolute atomic E-state index is 0.537. The van der Waals surface area contributed by atoms with Crippen LogP contribution >= 0.6 is 0 Å². The molecule has 0 radical (unpaired) electrons. The molecule has 0 atom stereocenters. The lowest BCUT2D eigenvalue weighted by atomic mass is 9.83. The van der Waals surface area contributed by atoms with Gasteiger partial charge in [0, 0.05) is 30.0 Å². The number of rotatable bonds is 5. The van der Waals surface area contributed by atoms with Crippen LogP contribution in [0.1, 0.15) is 30.9 Å². The highest BCUT2D eigenvalue weighted by molar-refractivity contribution is 5.39. The van der Waals surface area contributed by atoms with Gasteiger partial charge >= 0.3 is 0 Å². The van der Waals surface area contributed by atoms with E-state index in [4.69, 9.17) is 10.5 Å². The van der Waals surface area contributed by atoms with Crippen LogP contribution in [0.25, 0.3) is 5.69 Å². The van der Waals surface area contributed by atoms with Crippen LogP contribution in [-0.4, -0.2) is 22.7 Å². The summed E-state index contributed by atoms with van der Waals surface area (Å²) < 4.78 is 7.66. The monoisotopic (exact) mass is 257 g/mol. The van der Waals surface area contributed by atoms with E-state index in [2.05, 4.69) is 21.7 Å². The van der Waals surface area contributed by atoms with Gasteiger partial charge in [0.05, 0.1) is 6.33 Å². The summed E-state index contributed by atoms with van der Waals surface area (Å²) in [5.74, 6) is 1.54. The van der Waals surface area contributed by atoms with Crippen LogP contribution in [0.3, 0.4) is 0 Å². The first-order valence-corrected chi connectivity index (χ1v) is 6.84. The van der Waals surface area contributed by atoms with Crippen LogP contribution < -0.4 is 10.5 Å². The zero-order valence-electron chi connectivity index (χ0n) is 11.0. The van der Waals surface area contributed by atoms with Gasteiger partial charge < -0.3 is 15.0 Å². The van der Waals surface area contributed by atoms with Gasteiger partial charge in [-0.15, -0.1) is 0 Å².